The Morgan fingerprint density at radius 1 is 1.27 bits per heavy atom. The average Bonchev–Trinajstić information content (AvgIpc) is 2.08. The third kappa shape index (κ3) is 3.71. The topological polar surface area (TPSA) is 12.0 Å². The van der Waals surface area contributed by atoms with E-state index in [-0.39, 0.29) is 0 Å². The van der Waals surface area contributed by atoms with Gasteiger partial charge < -0.3 is 5.32 Å². The van der Waals surface area contributed by atoms with Crippen LogP contribution in [0, 0.1) is 13.8 Å². The molecule has 82 valence electrons. The van der Waals surface area contributed by atoms with Gasteiger partial charge in [0.05, 0.1) is 0 Å². The molecule has 0 spiro atoms. The number of aryl methyl sites for hydroxylation is 2. The third-order valence-electron chi connectivity index (χ3n) is 2.29. The molecule has 1 N–H and O–H groups in total. The van der Waals surface area contributed by atoms with Crippen molar-refractivity contribution >= 4 is 21.6 Å². The SMILES string of the molecule is CC(C)=CCNc1c(C)cc(Br)cc1C. The predicted molar refractivity (Wildman–Crippen MR) is 71.5 cm³/mol. The Morgan fingerprint density at radius 3 is 2.27 bits per heavy atom. The summed E-state index contributed by atoms with van der Waals surface area (Å²) in [4.78, 5) is 0. The van der Waals surface area contributed by atoms with E-state index in [1.165, 1.54) is 22.4 Å². The number of benzene rings is 1. The highest BCUT2D eigenvalue weighted by atomic mass is 79.9. The summed E-state index contributed by atoms with van der Waals surface area (Å²) >= 11 is 3.50. The van der Waals surface area contributed by atoms with Crippen molar-refractivity contribution in [2.75, 3.05) is 11.9 Å². The highest BCUT2D eigenvalue weighted by molar-refractivity contribution is 9.10. The van der Waals surface area contributed by atoms with Crippen LogP contribution < -0.4 is 5.32 Å². The molecule has 0 bridgehead atoms. The highest BCUT2D eigenvalue weighted by Gasteiger charge is 2.02. The summed E-state index contributed by atoms with van der Waals surface area (Å²) in [5, 5.41) is 3.44. The van der Waals surface area contributed by atoms with Crippen LogP contribution in [0.15, 0.2) is 28.3 Å². The van der Waals surface area contributed by atoms with Gasteiger partial charge in [0.1, 0.15) is 0 Å². The average molecular weight is 268 g/mol. The van der Waals surface area contributed by atoms with Crippen LogP contribution in [0.2, 0.25) is 0 Å². The van der Waals surface area contributed by atoms with Gasteiger partial charge in [0.15, 0.2) is 0 Å². The number of rotatable bonds is 3. The van der Waals surface area contributed by atoms with Crippen molar-refractivity contribution in [2.24, 2.45) is 0 Å². The number of hydrogen-bond acceptors (Lipinski definition) is 1. The second-order valence-electron chi connectivity index (χ2n) is 4.08. The fourth-order valence-electron chi connectivity index (χ4n) is 1.55. The van der Waals surface area contributed by atoms with Crippen LogP contribution in [0.25, 0.3) is 0 Å². The molecule has 0 aliphatic heterocycles. The fraction of sp³-hybridized carbons (Fsp3) is 0.385. The molecule has 0 atom stereocenters. The third-order valence-corrected chi connectivity index (χ3v) is 2.74. The highest BCUT2D eigenvalue weighted by Crippen LogP contribution is 2.24. The Balaban J connectivity index is 2.81. The number of halogens is 1. The molecule has 0 radical (unpaired) electrons. The molecular weight excluding hydrogens is 250 g/mol. The minimum absolute atomic E-state index is 0.894. The van der Waals surface area contributed by atoms with Crippen LogP contribution in [0.1, 0.15) is 25.0 Å². The molecule has 15 heavy (non-hydrogen) atoms. The number of allylic oxidation sites excluding steroid dienone is 1. The maximum Gasteiger partial charge on any atom is 0.0402 e. The van der Waals surface area contributed by atoms with E-state index in [1.807, 2.05) is 0 Å². The van der Waals surface area contributed by atoms with Gasteiger partial charge in [-0.2, -0.15) is 0 Å². The summed E-state index contributed by atoms with van der Waals surface area (Å²) in [6.45, 7) is 9.38. The van der Waals surface area contributed by atoms with E-state index in [0.29, 0.717) is 0 Å². The summed E-state index contributed by atoms with van der Waals surface area (Å²) in [5.74, 6) is 0. The minimum Gasteiger partial charge on any atom is -0.381 e. The minimum atomic E-state index is 0.894. The Morgan fingerprint density at radius 2 is 1.80 bits per heavy atom. The van der Waals surface area contributed by atoms with Crippen LogP contribution in [0.4, 0.5) is 5.69 Å². The van der Waals surface area contributed by atoms with Crippen LogP contribution in [-0.2, 0) is 0 Å². The van der Waals surface area contributed by atoms with Crippen molar-refractivity contribution in [3.63, 3.8) is 0 Å². The van der Waals surface area contributed by atoms with E-state index in [9.17, 15) is 0 Å². The predicted octanol–water partition coefficient (Wildman–Crippen LogP) is 4.44. The van der Waals surface area contributed by atoms with Gasteiger partial charge >= 0.3 is 0 Å². The van der Waals surface area contributed by atoms with Crippen molar-refractivity contribution < 1.29 is 0 Å². The molecule has 0 fully saturated rings. The zero-order valence-corrected chi connectivity index (χ0v) is 11.4. The first-order valence-corrected chi connectivity index (χ1v) is 5.94. The fourth-order valence-corrected chi connectivity index (χ4v) is 2.23. The van der Waals surface area contributed by atoms with E-state index in [4.69, 9.17) is 0 Å². The van der Waals surface area contributed by atoms with E-state index >= 15 is 0 Å². The van der Waals surface area contributed by atoms with E-state index in [2.05, 4.69) is 67.2 Å². The quantitative estimate of drug-likeness (QED) is 0.799. The Labute approximate surface area is 101 Å². The summed E-state index contributed by atoms with van der Waals surface area (Å²) in [6, 6.07) is 4.27. The molecule has 0 heterocycles. The van der Waals surface area contributed by atoms with Gasteiger partial charge in [-0.25, -0.2) is 0 Å². The van der Waals surface area contributed by atoms with Crippen LogP contribution >= 0.6 is 15.9 Å². The molecule has 2 heteroatoms. The van der Waals surface area contributed by atoms with Crippen LogP contribution in [0.5, 0.6) is 0 Å². The lowest BCUT2D eigenvalue weighted by molar-refractivity contribution is 1.23. The lowest BCUT2D eigenvalue weighted by atomic mass is 10.1. The monoisotopic (exact) mass is 267 g/mol. The molecule has 1 aromatic rings. The van der Waals surface area contributed by atoms with Gasteiger partial charge in [-0.3, -0.25) is 0 Å². The standard InChI is InChI=1S/C13H18BrN/c1-9(2)5-6-15-13-10(3)7-12(14)8-11(13)4/h5,7-8,15H,6H2,1-4H3. The lowest BCUT2D eigenvalue weighted by Gasteiger charge is -2.12. The summed E-state index contributed by atoms with van der Waals surface area (Å²) in [6.07, 6.45) is 2.20. The molecule has 0 saturated heterocycles. The second kappa shape index (κ2) is 5.36. The van der Waals surface area contributed by atoms with Crippen LogP contribution in [0.3, 0.4) is 0 Å². The van der Waals surface area contributed by atoms with E-state index in [1.54, 1.807) is 0 Å². The summed E-state index contributed by atoms with van der Waals surface area (Å²) in [5.41, 5.74) is 5.15. The van der Waals surface area contributed by atoms with Crippen molar-refractivity contribution in [3.8, 4) is 0 Å². The second-order valence-corrected chi connectivity index (χ2v) is 4.99. The molecule has 0 aromatic heterocycles. The molecule has 0 saturated carbocycles. The first kappa shape index (κ1) is 12.3. The molecule has 0 aliphatic rings. The Bertz CT molecular complexity index is 353. The largest absolute Gasteiger partial charge is 0.381 e. The maximum atomic E-state index is 3.50. The Kier molecular flexibility index (Phi) is 4.40. The lowest BCUT2D eigenvalue weighted by Crippen LogP contribution is -2.02. The number of anilines is 1. The maximum absolute atomic E-state index is 3.50. The first-order chi connectivity index (χ1) is 7.00. The van der Waals surface area contributed by atoms with Gasteiger partial charge in [0, 0.05) is 16.7 Å². The van der Waals surface area contributed by atoms with E-state index < -0.39 is 0 Å². The zero-order chi connectivity index (χ0) is 11.4. The van der Waals surface area contributed by atoms with Gasteiger partial charge in [-0.1, -0.05) is 27.6 Å². The number of hydrogen-bond donors (Lipinski definition) is 1. The van der Waals surface area contributed by atoms with Crippen LogP contribution in [-0.4, -0.2) is 6.54 Å². The van der Waals surface area contributed by atoms with Crippen molar-refractivity contribution in [2.45, 2.75) is 27.7 Å². The normalized spacial score (nSPS) is 9.93. The van der Waals surface area contributed by atoms with Gasteiger partial charge in [0.2, 0.25) is 0 Å². The van der Waals surface area contributed by atoms with Gasteiger partial charge in [-0.15, -0.1) is 0 Å². The zero-order valence-electron chi connectivity index (χ0n) is 9.82. The number of nitrogens with one attached hydrogen (secondary N) is 1. The first-order valence-electron chi connectivity index (χ1n) is 5.14. The molecule has 0 amide bonds. The summed E-state index contributed by atoms with van der Waals surface area (Å²) in [7, 11) is 0. The molecule has 0 unspecified atom stereocenters. The smallest absolute Gasteiger partial charge is 0.0402 e. The summed E-state index contributed by atoms with van der Waals surface area (Å²) < 4.78 is 1.14. The Hall–Kier alpha value is -0.760. The molecule has 1 rings (SSSR count). The van der Waals surface area contributed by atoms with Crippen molar-refractivity contribution in [1.82, 2.24) is 0 Å². The van der Waals surface area contributed by atoms with E-state index in [0.717, 1.165) is 11.0 Å². The molecular formula is C13H18BrN. The van der Waals surface area contributed by atoms with Crippen molar-refractivity contribution in [1.29, 1.82) is 0 Å². The molecule has 0 aliphatic carbocycles. The van der Waals surface area contributed by atoms with Gasteiger partial charge in [0.25, 0.3) is 0 Å². The van der Waals surface area contributed by atoms with Gasteiger partial charge in [-0.05, 0) is 51.0 Å². The molecule has 1 nitrogen and oxygen atoms in total. The molecule has 1 aromatic carbocycles. The van der Waals surface area contributed by atoms with Crippen molar-refractivity contribution in [3.05, 3.63) is 39.4 Å².